The zero-order valence-corrected chi connectivity index (χ0v) is 13.3. The second-order valence-electron chi connectivity index (χ2n) is 4.18. The molecule has 0 saturated heterocycles. The standard InChI is InChI=1S/C10H17N3O8S2/c11-4(8(16)17)2-22-23-3-6(10(20)21)13-12-5(9(18)19)1-7(14)15/h4-6,12-13H,1-3,11H2,(H,14,15)(H,16,17)(H,18,19)(H,20,21)/t4-,5-,6-/m0/s1. The molecule has 3 atom stereocenters. The fourth-order valence-corrected chi connectivity index (χ4v) is 3.33. The maximum Gasteiger partial charge on any atom is 0.322 e. The van der Waals surface area contributed by atoms with Crippen LogP contribution in [0.1, 0.15) is 6.42 Å². The average molecular weight is 371 g/mol. The zero-order valence-electron chi connectivity index (χ0n) is 11.7. The summed E-state index contributed by atoms with van der Waals surface area (Å²) in [6.07, 6.45) is -0.732. The van der Waals surface area contributed by atoms with Crippen molar-refractivity contribution in [3.05, 3.63) is 0 Å². The molecule has 0 amide bonds. The summed E-state index contributed by atoms with van der Waals surface area (Å²) in [5.41, 5.74) is 9.66. The Kier molecular flexibility index (Phi) is 10.3. The maximum absolute atomic E-state index is 11.0. The van der Waals surface area contributed by atoms with Gasteiger partial charge >= 0.3 is 23.9 Å². The maximum atomic E-state index is 11.0. The second kappa shape index (κ2) is 11.1. The molecule has 0 spiro atoms. The highest BCUT2D eigenvalue weighted by Crippen LogP contribution is 2.22. The number of carboxylic acid groups (broad SMARTS) is 4. The number of carbonyl (C=O) groups is 4. The van der Waals surface area contributed by atoms with Crippen molar-refractivity contribution in [2.75, 3.05) is 11.5 Å². The third kappa shape index (κ3) is 9.96. The highest BCUT2D eigenvalue weighted by molar-refractivity contribution is 8.76. The third-order valence-corrected chi connectivity index (χ3v) is 4.74. The summed E-state index contributed by atoms with van der Waals surface area (Å²) in [6.45, 7) is 0. The van der Waals surface area contributed by atoms with E-state index in [-0.39, 0.29) is 11.5 Å². The molecule has 0 fully saturated rings. The molecule has 132 valence electrons. The van der Waals surface area contributed by atoms with Crippen molar-refractivity contribution in [2.24, 2.45) is 5.73 Å². The van der Waals surface area contributed by atoms with Crippen LogP contribution >= 0.6 is 21.6 Å². The van der Waals surface area contributed by atoms with Gasteiger partial charge in [0, 0.05) is 11.5 Å². The number of hydrazine groups is 1. The van der Waals surface area contributed by atoms with Crippen molar-refractivity contribution in [1.82, 2.24) is 10.9 Å². The SMILES string of the molecule is N[C@@H](CSSC[C@H](NN[C@@H](CC(=O)O)C(=O)O)C(=O)O)C(=O)O. The lowest BCUT2D eigenvalue weighted by Crippen LogP contribution is -2.53. The van der Waals surface area contributed by atoms with Crippen LogP contribution in [0.25, 0.3) is 0 Å². The van der Waals surface area contributed by atoms with Crippen LogP contribution in [-0.2, 0) is 19.2 Å². The number of nitrogens with one attached hydrogen (secondary N) is 2. The Morgan fingerprint density at radius 2 is 1.30 bits per heavy atom. The molecule has 0 aliphatic carbocycles. The molecule has 0 saturated carbocycles. The molecule has 0 heterocycles. The van der Waals surface area contributed by atoms with Gasteiger partial charge in [-0.3, -0.25) is 19.2 Å². The minimum Gasteiger partial charge on any atom is -0.481 e. The van der Waals surface area contributed by atoms with Crippen LogP contribution in [0.5, 0.6) is 0 Å². The Morgan fingerprint density at radius 3 is 1.74 bits per heavy atom. The van der Waals surface area contributed by atoms with Crippen LogP contribution in [0.3, 0.4) is 0 Å². The molecule has 0 aromatic carbocycles. The molecule has 23 heavy (non-hydrogen) atoms. The van der Waals surface area contributed by atoms with E-state index in [1.807, 2.05) is 0 Å². The Balaban J connectivity index is 4.30. The van der Waals surface area contributed by atoms with E-state index in [0.29, 0.717) is 0 Å². The van der Waals surface area contributed by atoms with Crippen molar-refractivity contribution in [1.29, 1.82) is 0 Å². The monoisotopic (exact) mass is 371 g/mol. The molecular formula is C10H17N3O8S2. The van der Waals surface area contributed by atoms with Crippen molar-refractivity contribution < 1.29 is 39.6 Å². The van der Waals surface area contributed by atoms with Gasteiger partial charge in [0.15, 0.2) is 0 Å². The van der Waals surface area contributed by atoms with E-state index in [9.17, 15) is 19.2 Å². The van der Waals surface area contributed by atoms with E-state index >= 15 is 0 Å². The van der Waals surface area contributed by atoms with E-state index in [0.717, 1.165) is 21.6 Å². The third-order valence-electron chi connectivity index (χ3n) is 2.29. The number of carboxylic acids is 4. The summed E-state index contributed by atoms with van der Waals surface area (Å²) >= 11 is 0. The van der Waals surface area contributed by atoms with Gasteiger partial charge in [-0.1, -0.05) is 21.6 Å². The first-order valence-corrected chi connectivity index (χ1v) is 8.55. The lowest BCUT2D eigenvalue weighted by Gasteiger charge is -2.18. The largest absolute Gasteiger partial charge is 0.481 e. The van der Waals surface area contributed by atoms with Crippen molar-refractivity contribution in [3.63, 3.8) is 0 Å². The van der Waals surface area contributed by atoms with Gasteiger partial charge in [-0.25, -0.2) is 10.9 Å². The molecule has 0 aromatic rings. The highest BCUT2D eigenvalue weighted by Gasteiger charge is 2.24. The lowest BCUT2D eigenvalue weighted by molar-refractivity contribution is -0.146. The van der Waals surface area contributed by atoms with E-state index in [2.05, 4.69) is 10.9 Å². The fourth-order valence-electron chi connectivity index (χ4n) is 1.06. The van der Waals surface area contributed by atoms with E-state index in [4.69, 9.17) is 26.2 Å². The zero-order chi connectivity index (χ0) is 18.0. The van der Waals surface area contributed by atoms with Crippen LogP contribution in [0, 0.1) is 0 Å². The number of aliphatic carboxylic acids is 4. The van der Waals surface area contributed by atoms with Gasteiger partial charge in [0.05, 0.1) is 6.42 Å². The molecule has 11 nitrogen and oxygen atoms in total. The summed E-state index contributed by atoms with van der Waals surface area (Å²) in [6, 6.07) is -3.77. The smallest absolute Gasteiger partial charge is 0.322 e. The first kappa shape index (κ1) is 21.5. The molecule has 0 aliphatic heterocycles. The summed E-state index contributed by atoms with van der Waals surface area (Å²) in [7, 11) is 2.09. The minimum absolute atomic E-state index is 0.0290. The van der Waals surface area contributed by atoms with Gasteiger partial charge in [0.25, 0.3) is 0 Å². The molecule has 0 bridgehead atoms. The summed E-state index contributed by atoms with van der Waals surface area (Å²) in [5.74, 6) is -5.22. The van der Waals surface area contributed by atoms with Crippen molar-refractivity contribution in [3.8, 4) is 0 Å². The molecular weight excluding hydrogens is 354 g/mol. The van der Waals surface area contributed by atoms with Crippen LogP contribution in [0.2, 0.25) is 0 Å². The Labute approximate surface area is 138 Å². The molecule has 8 N–H and O–H groups in total. The van der Waals surface area contributed by atoms with E-state index in [1.54, 1.807) is 0 Å². The van der Waals surface area contributed by atoms with Gasteiger partial charge in [-0.2, -0.15) is 0 Å². The quantitative estimate of drug-likeness (QED) is 0.109. The topological polar surface area (TPSA) is 199 Å². The summed E-state index contributed by atoms with van der Waals surface area (Å²) in [5, 5.41) is 34.9. The molecule has 0 rings (SSSR count). The van der Waals surface area contributed by atoms with Crippen LogP contribution < -0.4 is 16.6 Å². The Morgan fingerprint density at radius 1 is 0.826 bits per heavy atom. The molecule has 0 aliphatic rings. The van der Waals surface area contributed by atoms with Gasteiger partial charge < -0.3 is 26.2 Å². The normalized spacial score (nSPS) is 14.7. The first-order chi connectivity index (χ1) is 10.6. The fraction of sp³-hybridized carbons (Fsp3) is 0.600. The van der Waals surface area contributed by atoms with E-state index in [1.165, 1.54) is 0 Å². The van der Waals surface area contributed by atoms with Crippen LogP contribution in [-0.4, -0.2) is 73.9 Å². The highest BCUT2D eigenvalue weighted by atomic mass is 33.1. The second-order valence-corrected chi connectivity index (χ2v) is 6.73. The Hall–Kier alpha value is -1.54. The Bertz CT molecular complexity index is 450. The van der Waals surface area contributed by atoms with Gasteiger partial charge in [-0.15, -0.1) is 0 Å². The predicted octanol–water partition coefficient (Wildman–Crippen LogP) is -1.74. The molecule has 0 aromatic heterocycles. The number of nitrogens with two attached hydrogens (primary N) is 1. The number of hydrogen-bond acceptors (Lipinski definition) is 9. The van der Waals surface area contributed by atoms with Gasteiger partial charge in [-0.05, 0) is 0 Å². The summed E-state index contributed by atoms with van der Waals surface area (Å²) < 4.78 is 0. The minimum atomic E-state index is -1.49. The number of rotatable bonds is 13. The summed E-state index contributed by atoms with van der Waals surface area (Å²) in [4.78, 5) is 42.9. The average Bonchev–Trinajstić information content (AvgIpc) is 2.43. The van der Waals surface area contributed by atoms with Crippen molar-refractivity contribution in [2.45, 2.75) is 24.5 Å². The predicted molar refractivity (Wildman–Crippen MR) is 81.9 cm³/mol. The van der Waals surface area contributed by atoms with Crippen molar-refractivity contribution >= 4 is 45.5 Å². The lowest BCUT2D eigenvalue weighted by atomic mass is 10.2. The van der Waals surface area contributed by atoms with E-state index < -0.39 is 48.4 Å². The van der Waals surface area contributed by atoms with Crippen LogP contribution in [0.4, 0.5) is 0 Å². The number of hydrogen-bond donors (Lipinski definition) is 7. The molecule has 13 heteroatoms. The first-order valence-electron chi connectivity index (χ1n) is 6.06. The molecule has 0 radical (unpaired) electrons. The van der Waals surface area contributed by atoms with Gasteiger partial charge in [0.2, 0.25) is 0 Å². The van der Waals surface area contributed by atoms with Gasteiger partial charge in [0.1, 0.15) is 18.1 Å². The molecule has 0 unspecified atom stereocenters. The van der Waals surface area contributed by atoms with Crippen LogP contribution in [0.15, 0.2) is 0 Å².